The number of amides is 2. The maximum Gasteiger partial charge on any atom is 0.253 e. The molecule has 0 heterocycles. The average Bonchev–Trinajstić information content (AvgIpc) is 2.70. The van der Waals surface area contributed by atoms with Crippen LogP contribution in [0.15, 0.2) is 61.2 Å². The van der Waals surface area contributed by atoms with Crippen molar-refractivity contribution in [3.8, 4) is 0 Å². The fourth-order valence-corrected chi connectivity index (χ4v) is 4.13. The lowest BCUT2D eigenvalue weighted by molar-refractivity contribution is -0.117. The highest BCUT2D eigenvalue weighted by Gasteiger charge is 2.32. The highest BCUT2D eigenvalue weighted by atomic mass is 32.2. The fourth-order valence-electron chi connectivity index (χ4n) is 2.91. The summed E-state index contributed by atoms with van der Waals surface area (Å²) < 4.78 is 39.1. The van der Waals surface area contributed by atoms with Gasteiger partial charge in [-0.05, 0) is 42.8 Å². The molecule has 2 amide bonds. The van der Waals surface area contributed by atoms with Gasteiger partial charge in [-0.15, -0.1) is 6.58 Å². The lowest BCUT2D eigenvalue weighted by Gasteiger charge is -2.30. The Morgan fingerprint density at radius 3 is 2.37 bits per heavy atom. The smallest absolute Gasteiger partial charge is 0.253 e. The van der Waals surface area contributed by atoms with E-state index >= 15 is 0 Å². The molecule has 0 unspecified atom stereocenters. The van der Waals surface area contributed by atoms with Gasteiger partial charge in [0.25, 0.3) is 5.91 Å². The van der Waals surface area contributed by atoms with Crippen LogP contribution in [0, 0.1) is 5.82 Å². The van der Waals surface area contributed by atoms with E-state index < -0.39 is 33.7 Å². The van der Waals surface area contributed by atoms with Crippen molar-refractivity contribution in [2.45, 2.75) is 19.4 Å². The Kier molecular flexibility index (Phi) is 7.71. The second-order valence-corrected chi connectivity index (χ2v) is 8.35. The van der Waals surface area contributed by atoms with Gasteiger partial charge in [0.1, 0.15) is 11.9 Å². The molecule has 2 rings (SSSR count). The summed E-state index contributed by atoms with van der Waals surface area (Å²) in [7, 11) is -3.86. The van der Waals surface area contributed by atoms with E-state index in [4.69, 9.17) is 0 Å². The minimum absolute atomic E-state index is 0.154. The summed E-state index contributed by atoms with van der Waals surface area (Å²) in [5.41, 5.74) is 0.642. The number of hydrogen-bond donors (Lipinski definition) is 2. The van der Waals surface area contributed by atoms with E-state index in [1.54, 1.807) is 31.2 Å². The minimum atomic E-state index is -3.86. The van der Waals surface area contributed by atoms with Crippen LogP contribution in [0.2, 0.25) is 0 Å². The van der Waals surface area contributed by atoms with Crippen LogP contribution in [0.3, 0.4) is 0 Å². The number of benzene rings is 2. The van der Waals surface area contributed by atoms with Crippen molar-refractivity contribution in [3.05, 3.63) is 72.6 Å². The van der Waals surface area contributed by atoms with Crippen LogP contribution in [0.4, 0.5) is 15.8 Å². The molecule has 0 bridgehead atoms. The highest BCUT2D eigenvalue weighted by Crippen LogP contribution is 2.24. The third-order valence-electron chi connectivity index (χ3n) is 4.25. The average molecular weight is 434 g/mol. The summed E-state index contributed by atoms with van der Waals surface area (Å²) in [6.45, 7) is 5.45. The molecule has 0 saturated carbocycles. The monoisotopic (exact) mass is 433 g/mol. The molecule has 0 aliphatic rings. The first kappa shape index (κ1) is 23.1. The van der Waals surface area contributed by atoms with E-state index in [1.165, 1.54) is 18.2 Å². The number of para-hydroxylation sites is 1. The van der Waals surface area contributed by atoms with E-state index in [2.05, 4.69) is 17.2 Å². The number of nitrogens with one attached hydrogen (secondary N) is 2. The molecule has 9 heteroatoms. The van der Waals surface area contributed by atoms with Crippen LogP contribution in [0.1, 0.15) is 23.7 Å². The molecule has 0 fully saturated rings. The van der Waals surface area contributed by atoms with Crippen molar-refractivity contribution in [1.82, 2.24) is 5.32 Å². The molecule has 1 atom stereocenters. The molecule has 0 aromatic heterocycles. The highest BCUT2D eigenvalue weighted by molar-refractivity contribution is 7.92. The number of hydrogen-bond acceptors (Lipinski definition) is 4. The van der Waals surface area contributed by atoms with Gasteiger partial charge in [0.15, 0.2) is 0 Å². The van der Waals surface area contributed by atoms with Gasteiger partial charge in [0.05, 0.1) is 23.2 Å². The number of nitrogens with zero attached hydrogens (tertiary/aromatic N) is 1. The molecular weight excluding hydrogens is 409 g/mol. The molecule has 160 valence electrons. The lowest BCUT2D eigenvalue weighted by Crippen LogP contribution is -2.47. The Hall–Kier alpha value is -3.20. The fraction of sp³-hybridized carbons (Fsp3) is 0.238. The molecule has 0 radical (unpaired) electrons. The summed E-state index contributed by atoms with van der Waals surface area (Å²) in [6, 6.07) is 10.1. The minimum Gasteiger partial charge on any atom is -0.349 e. The molecule has 0 spiro atoms. The van der Waals surface area contributed by atoms with Gasteiger partial charge < -0.3 is 10.6 Å². The quantitative estimate of drug-likeness (QED) is 0.595. The summed E-state index contributed by atoms with van der Waals surface area (Å²) in [6.07, 6.45) is 2.66. The molecule has 0 aliphatic carbocycles. The molecular formula is C21H24FN3O4S. The third-order valence-corrected chi connectivity index (χ3v) is 5.43. The number of carbonyl (C=O) groups is 2. The summed E-state index contributed by atoms with van der Waals surface area (Å²) in [5.74, 6) is -1.54. The summed E-state index contributed by atoms with van der Waals surface area (Å²) >= 11 is 0. The van der Waals surface area contributed by atoms with Gasteiger partial charge in [0, 0.05) is 6.54 Å². The maximum atomic E-state index is 13.3. The zero-order valence-electron chi connectivity index (χ0n) is 16.8. The molecule has 0 aliphatic heterocycles. The van der Waals surface area contributed by atoms with Crippen molar-refractivity contribution in [2.75, 3.05) is 22.4 Å². The molecule has 2 aromatic carbocycles. The van der Waals surface area contributed by atoms with Crippen molar-refractivity contribution in [2.24, 2.45) is 0 Å². The van der Waals surface area contributed by atoms with Gasteiger partial charge in [-0.2, -0.15) is 0 Å². The predicted octanol–water partition coefficient (Wildman–Crippen LogP) is 2.92. The predicted molar refractivity (Wildman–Crippen MR) is 115 cm³/mol. The number of rotatable bonds is 9. The molecule has 2 aromatic rings. The van der Waals surface area contributed by atoms with Crippen LogP contribution in [-0.2, 0) is 14.8 Å². The first-order valence-electron chi connectivity index (χ1n) is 9.23. The van der Waals surface area contributed by atoms with Crippen molar-refractivity contribution in [3.63, 3.8) is 0 Å². The van der Waals surface area contributed by atoms with E-state index in [9.17, 15) is 22.4 Å². The summed E-state index contributed by atoms with van der Waals surface area (Å²) in [5, 5.41) is 5.28. The normalized spacial score (nSPS) is 12.0. The van der Waals surface area contributed by atoms with E-state index in [0.717, 1.165) is 22.7 Å². The van der Waals surface area contributed by atoms with Gasteiger partial charge in [-0.1, -0.05) is 25.1 Å². The Morgan fingerprint density at radius 2 is 1.80 bits per heavy atom. The second-order valence-electron chi connectivity index (χ2n) is 6.49. The van der Waals surface area contributed by atoms with Crippen LogP contribution >= 0.6 is 0 Å². The van der Waals surface area contributed by atoms with E-state index in [1.807, 2.05) is 0 Å². The van der Waals surface area contributed by atoms with Crippen molar-refractivity contribution >= 4 is 33.2 Å². The van der Waals surface area contributed by atoms with Crippen molar-refractivity contribution in [1.29, 1.82) is 0 Å². The Labute approximate surface area is 175 Å². The largest absolute Gasteiger partial charge is 0.349 e. The molecule has 0 saturated heterocycles. The zero-order chi connectivity index (χ0) is 22.3. The molecule has 2 N–H and O–H groups in total. The van der Waals surface area contributed by atoms with Gasteiger partial charge in [-0.25, -0.2) is 12.8 Å². The SMILES string of the molecule is C=CCNC(=O)c1ccccc1NC(=O)[C@H](CC)N(c1ccc(F)cc1)S(C)(=O)=O. The van der Waals surface area contributed by atoms with E-state index in [0.29, 0.717) is 0 Å². The van der Waals surface area contributed by atoms with Crippen LogP contribution in [0.5, 0.6) is 0 Å². The van der Waals surface area contributed by atoms with Crippen molar-refractivity contribution < 1.29 is 22.4 Å². The number of halogens is 1. The standard InChI is InChI=1S/C21H24FN3O4S/c1-4-14-23-20(26)17-8-6-7-9-18(17)24-21(27)19(5-2)25(30(3,28)29)16-12-10-15(22)11-13-16/h4,6-13,19H,1,5,14H2,2-3H3,(H,23,26)(H,24,27)/t19-/m0/s1. The Morgan fingerprint density at radius 1 is 1.17 bits per heavy atom. The first-order valence-corrected chi connectivity index (χ1v) is 11.1. The lowest BCUT2D eigenvalue weighted by atomic mass is 10.1. The maximum absolute atomic E-state index is 13.3. The van der Waals surface area contributed by atoms with Crippen LogP contribution < -0.4 is 14.9 Å². The second kappa shape index (κ2) is 10.0. The van der Waals surface area contributed by atoms with E-state index in [-0.39, 0.29) is 29.9 Å². The molecule has 30 heavy (non-hydrogen) atoms. The number of anilines is 2. The number of carbonyl (C=O) groups excluding carboxylic acids is 2. The van der Waals surface area contributed by atoms with Crippen LogP contribution in [-0.4, -0.2) is 39.1 Å². The first-order chi connectivity index (χ1) is 14.2. The van der Waals surface area contributed by atoms with Gasteiger partial charge >= 0.3 is 0 Å². The summed E-state index contributed by atoms with van der Waals surface area (Å²) in [4.78, 5) is 25.4. The third kappa shape index (κ3) is 5.66. The Bertz CT molecular complexity index is 1020. The van der Waals surface area contributed by atoms with Crippen LogP contribution in [0.25, 0.3) is 0 Å². The van der Waals surface area contributed by atoms with Gasteiger partial charge in [0.2, 0.25) is 15.9 Å². The zero-order valence-corrected chi connectivity index (χ0v) is 17.6. The molecule has 7 nitrogen and oxygen atoms in total. The Balaban J connectivity index is 2.37. The number of sulfonamides is 1. The topological polar surface area (TPSA) is 95.6 Å². The van der Waals surface area contributed by atoms with Gasteiger partial charge in [-0.3, -0.25) is 13.9 Å².